The zero-order valence-corrected chi connectivity index (χ0v) is 8.49. The first kappa shape index (κ1) is 10.2. The van der Waals surface area contributed by atoms with Gasteiger partial charge in [-0.05, 0) is 12.1 Å². The van der Waals surface area contributed by atoms with Gasteiger partial charge in [0, 0.05) is 19.4 Å². The van der Waals surface area contributed by atoms with Crippen LogP contribution in [0.25, 0.3) is 0 Å². The second-order valence-electron chi connectivity index (χ2n) is 3.12. The highest BCUT2D eigenvalue weighted by Gasteiger charge is 2.12. The molecule has 0 aliphatic carbocycles. The van der Waals surface area contributed by atoms with Gasteiger partial charge in [-0.1, -0.05) is 0 Å². The number of nitrogens with zero attached hydrogens (tertiary/aromatic N) is 3. The SMILES string of the molecule is Cn1cc(C(=O)O)nc1Oc1cccnc1. The highest BCUT2D eigenvalue weighted by molar-refractivity contribution is 5.85. The van der Waals surface area contributed by atoms with Gasteiger partial charge in [0.15, 0.2) is 5.69 Å². The highest BCUT2D eigenvalue weighted by Crippen LogP contribution is 2.18. The number of aryl methyl sites for hydroxylation is 1. The van der Waals surface area contributed by atoms with E-state index in [1.165, 1.54) is 17.0 Å². The first-order valence-corrected chi connectivity index (χ1v) is 4.51. The summed E-state index contributed by atoms with van der Waals surface area (Å²) in [4.78, 5) is 18.4. The molecular weight excluding hydrogens is 210 g/mol. The van der Waals surface area contributed by atoms with Gasteiger partial charge in [0.05, 0.1) is 6.20 Å². The van der Waals surface area contributed by atoms with Crippen LogP contribution in [0.15, 0.2) is 30.7 Å². The number of hydrogen-bond acceptors (Lipinski definition) is 4. The van der Waals surface area contributed by atoms with E-state index in [9.17, 15) is 4.79 Å². The number of pyridine rings is 1. The Kier molecular flexibility index (Phi) is 2.55. The van der Waals surface area contributed by atoms with Crippen LogP contribution in [0.4, 0.5) is 0 Å². The second kappa shape index (κ2) is 4.01. The topological polar surface area (TPSA) is 77.2 Å². The van der Waals surface area contributed by atoms with E-state index >= 15 is 0 Å². The van der Waals surface area contributed by atoms with E-state index < -0.39 is 5.97 Å². The number of carboxylic acids is 1. The first-order chi connectivity index (χ1) is 7.66. The average Bonchev–Trinajstić information content (AvgIpc) is 2.62. The Balaban J connectivity index is 2.25. The summed E-state index contributed by atoms with van der Waals surface area (Å²) in [5.41, 5.74) is -0.0543. The number of hydrogen-bond donors (Lipinski definition) is 1. The lowest BCUT2D eigenvalue weighted by Crippen LogP contribution is -1.95. The summed E-state index contributed by atoms with van der Waals surface area (Å²) < 4.78 is 6.86. The Bertz CT molecular complexity index is 507. The Morgan fingerprint density at radius 1 is 1.56 bits per heavy atom. The van der Waals surface area contributed by atoms with Gasteiger partial charge in [-0.2, -0.15) is 4.98 Å². The lowest BCUT2D eigenvalue weighted by Gasteiger charge is -2.02. The van der Waals surface area contributed by atoms with Crippen molar-refractivity contribution >= 4 is 5.97 Å². The highest BCUT2D eigenvalue weighted by atomic mass is 16.5. The quantitative estimate of drug-likeness (QED) is 0.841. The minimum absolute atomic E-state index is 0.0543. The fourth-order valence-electron chi connectivity index (χ4n) is 1.16. The molecule has 16 heavy (non-hydrogen) atoms. The van der Waals surface area contributed by atoms with Crippen molar-refractivity contribution in [1.82, 2.24) is 14.5 Å². The summed E-state index contributed by atoms with van der Waals surface area (Å²) in [5, 5.41) is 8.74. The van der Waals surface area contributed by atoms with Gasteiger partial charge in [-0.15, -0.1) is 0 Å². The van der Waals surface area contributed by atoms with E-state index in [0.717, 1.165) is 0 Å². The third kappa shape index (κ3) is 2.00. The standard InChI is InChI=1S/C10H9N3O3/c1-13-6-8(9(14)15)12-10(13)16-7-3-2-4-11-5-7/h2-6H,1H3,(H,14,15). The number of rotatable bonds is 3. The number of aromatic nitrogens is 3. The van der Waals surface area contributed by atoms with Crippen molar-refractivity contribution < 1.29 is 14.6 Å². The number of ether oxygens (including phenoxy) is 1. The van der Waals surface area contributed by atoms with Crippen LogP contribution in [0.5, 0.6) is 11.8 Å². The predicted octanol–water partition coefficient (Wildman–Crippen LogP) is 1.31. The molecular formula is C10H9N3O3. The first-order valence-electron chi connectivity index (χ1n) is 4.51. The lowest BCUT2D eigenvalue weighted by molar-refractivity contribution is 0.0690. The average molecular weight is 219 g/mol. The summed E-state index contributed by atoms with van der Waals surface area (Å²) in [6.45, 7) is 0. The number of carboxylic acid groups (broad SMARTS) is 1. The zero-order chi connectivity index (χ0) is 11.5. The molecule has 6 heteroatoms. The molecule has 0 spiro atoms. The molecule has 0 radical (unpaired) electrons. The Labute approximate surface area is 91.1 Å². The minimum atomic E-state index is -1.09. The van der Waals surface area contributed by atoms with Crippen LogP contribution in [-0.4, -0.2) is 25.6 Å². The van der Waals surface area contributed by atoms with Crippen LogP contribution in [-0.2, 0) is 7.05 Å². The molecule has 1 N–H and O–H groups in total. The zero-order valence-electron chi connectivity index (χ0n) is 8.49. The molecule has 0 unspecified atom stereocenters. The predicted molar refractivity (Wildman–Crippen MR) is 54.5 cm³/mol. The monoisotopic (exact) mass is 219 g/mol. The molecule has 0 bridgehead atoms. The van der Waals surface area contributed by atoms with Crippen LogP contribution in [0.2, 0.25) is 0 Å². The van der Waals surface area contributed by atoms with E-state index in [2.05, 4.69) is 9.97 Å². The maximum absolute atomic E-state index is 10.7. The van der Waals surface area contributed by atoms with Crippen molar-refractivity contribution in [3.8, 4) is 11.8 Å². The second-order valence-corrected chi connectivity index (χ2v) is 3.12. The summed E-state index contributed by atoms with van der Waals surface area (Å²) >= 11 is 0. The molecule has 2 aromatic heterocycles. The Morgan fingerprint density at radius 2 is 2.38 bits per heavy atom. The molecule has 2 aromatic rings. The molecule has 0 atom stereocenters. The van der Waals surface area contributed by atoms with Gasteiger partial charge in [0.2, 0.25) is 0 Å². The molecule has 6 nitrogen and oxygen atoms in total. The smallest absolute Gasteiger partial charge is 0.356 e. The lowest BCUT2D eigenvalue weighted by atomic mass is 10.5. The van der Waals surface area contributed by atoms with Crippen LogP contribution in [0, 0.1) is 0 Å². The molecule has 0 aliphatic heterocycles. The van der Waals surface area contributed by atoms with E-state index in [-0.39, 0.29) is 11.7 Å². The van der Waals surface area contributed by atoms with Gasteiger partial charge in [-0.25, -0.2) is 4.79 Å². The molecule has 0 aromatic carbocycles. The van der Waals surface area contributed by atoms with Crippen molar-refractivity contribution in [2.24, 2.45) is 7.05 Å². The fraction of sp³-hybridized carbons (Fsp3) is 0.100. The number of imidazole rings is 1. The van der Waals surface area contributed by atoms with Crippen molar-refractivity contribution in [3.05, 3.63) is 36.4 Å². The molecule has 0 saturated carbocycles. The van der Waals surface area contributed by atoms with Gasteiger partial charge in [0.1, 0.15) is 5.75 Å². The van der Waals surface area contributed by atoms with Crippen LogP contribution >= 0.6 is 0 Å². The van der Waals surface area contributed by atoms with Crippen molar-refractivity contribution in [2.45, 2.75) is 0 Å². The van der Waals surface area contributed by atoms with Crippen LogP contribution in [0.1, 0.15) is 10.5 Å². The maximum atomic E-state index is 10.7. The molecule has 2 rings (SSSR count). The number of aromatic carboxylic acids is 1. The van der Waals surface area contributed by atoms with Gasteiger partial charge < -0.3 is 14.4 Å². The fourth-order valence-corrected chi connectivity index (χ4v) is 1.16. The Morgan fingerprint density at radius 3 is 2.94 bits per heavy atom. The van der Waals surface area contributed by atoms with Crippen molar-refractivity contribution in [2.75, 3.05) is 0 Å². The van der Waals surface area contributed by atoms with E-state index in [1.54, 1.807) is 25.4 Å². The van der Waals surface area contributed by atoms with E-state index in [0.29, 0.717) is 5.75 Å². The Hall–Kier alpha value is -2.37. The van der Waals surface area contributed by atoms with E-state index in [1.807, 2.05) is 0 Å². The van der Waals surface area contributed by atoms with Gasteiger partial charge >= 0.3 is 12.0 Å². The molecule has 0 aliphatic rings. The minimum Gasteiger partial charge on any atom is -0.476 e. The van der Waals surface area contributed by atoms with E-state index in [4.69, 9.17) is 9.84 Å². The molecule has 2 heterocycles. The summed E-state index contributed by atoms with van der Waals surface area (Å²) in [5.74, 6) is -0.579. The number of carbonyl (C=O) groups is 1. The normalized spacial score (nSPS) is 10.1. The molecule has 82 valence electrons. The van der Waals surface area contributed by atoms with Crippen LogP contribution < -0.4 is 4.74 Å². The molecule has 0 saturated heterocycles. The van der Waals surface area contributed by atoms with Crippen molar-refractivity contribution in [3.63, 3.8) is 0 Å². The van der Waals surface area contributed by atoms with Crippen LogP contribution in [0.3, 0.4) is 0 Å². The molecule has 0 amide bonds. The molecule has 0 fully saturated rings. The van der Waals surface area contributed by atoms with Crippen molar-refractivity contribution in [1.29, 1.82) is 0 Å². The third-order valence-corrected chi connectivity index (χ3v) is 1.90. The largest absolute Gasteiger partial charge is 0.476 e. The maximum Gasteiger partial charge on any atom is 0.356 e. The third-order valence-electron chi connectivity index (χ3n) is 1.90. The summed E-state index contributed by atoms with van der Waals surface area (Å²) in [6, 6.07) is 3.64. The summed E-state index contributed by atoms with van der Waals surface area (Å²) in [7, 11) is 1.66. The van der Waals surface area contributed by atoms with Gasteiger partial charge in [-0.3, -0.25) is 4.98 Å². The summed E-state index contributed by atoms with van der Waals surface area (Å²) in [6.07, 6.45) is 4.52. The van der Waals surface area contributed by atoms with Gasteiger partial charge in [0.25, 0.3) is 0 Å².